The molecular weight excluding hydrogens is 260 g/mol. The minimum absolute atomic E-state index is 0.0394. The molecule has 116 valence electrons. The summed E-state index contributed by atoms with van der Waals surface area (Å²) >= 11 is 0. The van der Waals surface area contributed by atoms with Crippen LogP contribution >= 0.6 is 0 Å². The Bertz CT molecular complexity index is 490. The highest BCUT2D eigenvalue weighted by atomic mass is 16.1. The molecular formula is C18H28N2O. The highest BCUT2D eigenvalue weighted by molar-refractivity contribution is 6.00. The van der Waals surface area contributed by atoms with Crippen LogP contribution in [0.1, 0.15) is 68.3 Å². The van der Waals surface area contributed by atoms with Gasteiger partial charge in [-0.15, -0.1) is 0 Å². The normalized spacial score (nSPS) is 17.3. The van der Waals surface area contributed by atoms with E-state index in [1.807, 2.05) is 12.1 Å². The average molecular weight is 288 g/mol. The second kappa shape index (κ2) is 6.97. The zero-order valence-electron chi connectivity index (χ0n) is 13.6. The van der Waals surface area contributed by atoms with E-state index in [1.54, 1.807) is 0 Å². The molecule has 2 N–H and O–H groups in total. The highest BCUT2D eigenvalue weighted by Crippen LogP contribution is 2.28. The number of amides is 1. The molecule has 1 aliphatic rings. The lowest BCUT2D eigenvalue weighted by atomic mass is 9.83. The van der Waals surface area contributed by atoms with Crippen LogP contribution in [-0.4, -0.2) is 18.0 Å². The SMILES string of the molecule is CCCNc1cc(C)ccc1C(=O)NC1(C)CCCCC1. The predicted octanol–water partition coefficient (Wildman–Crippen LogP) is 4.27. The van der Waals surface area contributed by atoms with Crippen molar-refractivity contribution in [1.82, 2.24) is 5.32 Å². The van der Waals surface area contributed by atoms with Gasteiger partial charge < -0.3 is 10.6 Å². The van der Waals surface area contributed by atoms with Crippen LogP contribution in [0, 0.1) is 6.92 Å². The van der Waals surface area contributed by atoms with Crippen molar-refractivity contribution in [3.05, 3.63) is 29.3 Å². The van der Waals surface area contributed by atoms with Crippen molar-refractivity contribution in [3.63, 3.8) is 0 Å². The van der Waals surface area contributed by atoms with Gasteiger partial charge in [-0.05, 0) is 50.8 Å². The standard InChI is InChI=1S/C18H28N2O/c1-4-12-19-16-13-14(2)8-9-15(16)17(21)20-18(3)10-6-5-7-11-18/h8-9,13,19H,4-7,10-12H2,1-3H3,(H,20,21). The fourth-order valence-corrected chi connectivity index (χ4v) is 3.06. The summed E-state index contributed by atoms with van der Waals surface area (Å²) in [5, 5.41) is 6.64. The fourth-order valence-electron chi connectivity index (χ4n) is 3.06. The molecule has 0 heterocycles. The van der Waals surface area contributed by atoms with Gasteiger partial charge in [0.25, 0.3) is 5.91 Å². The summed E-state index contributed by atoms with van der Waals surface area (Å²) in [4.78, 5) is 12.7. The molecule has 1 aromatic carbocycles. The number of hydrogen-bond acceptors (Lipinski definition) is 2. The Labute approximate surface area is 128 Å². The average Bonchev–Trinajstić information content (AvgIpc) is 2.45. The molecule has 1 saturated carbocycles. The molecule has 1 amide bonds. The van der Waals surface area contributed by atoms with E-state index < -0.39 is 0 Å². The molecule has 3 heteroatoms. The molecule has 0 bridgehead atoms. The van der Waals surface area contributed by atoms with E-state index in [9.17, 15) is 4.79 Å². The van der Waals surface area contributed by atoms with Crippen molar-refractivity contribution in [2.45, 2.75) is 64.8 Å². The summed E-state index contributed by atoms with van der Waals surface area (Å²) < 4.78 is 0. The number of carbonyl (C=O) groups excluding carboxylic acids is 1. The van der Waals surface area contributed by atoms with E-state index in [1.165, 1.54) is 24.8 Å². The van der Waals surface area contributed by atoms with Gasteiger partial charge in [0.1, 0.15) is 0 Å². The van der Waals surface area contributed by atoms with E-state index in [0.29, 0.717) is 0 Å². The predicted molar refractivity (Wildman–Crippen MR) is 88.9 cm³/mol. The van der Waals surface area contributed by atoms with Crippen molar-refractivity contribution in [1.29, 1.82) is 0 Å². The van der Waals surface area contributed by atoms with Gasteiger partial charge >= 0.3 is 0 Å². The molecule has 1 aliphatic carbocycles. The van der Waals surface area contributed by atoms with Gasteiger partial charge in [-0.2, -0.15) is 0 Å². The zero-order valence-corrected chi connectivity index (χ0v) is 13.6. The number of aryl methyl sites for hydroxylation is 1. The van der Waals surface area contributed by atoms with Crippen molar-refractivity contribution >= 4 is 11.6 Å². The van der Waals surface area contributed by atoms with Gasteiger partial charge in [-0.3, -0.25) is 4.79 Å². The Hall–Kier alpha value is -1.51. The lowest BCUT2D eigenvalue weighted by Crippen LogP contribution is -2.47. The molecule has 0 radical (unpaired) electrons. The minimum Gasteiger partial charge on any atom is -0.384 e. The maximum absolute atomic E-state index is 12.7. The van der Waals surface area contributed by atoms with Gasteiger partial charge in [0, 0.05) is 17.8 Å². The Morgan fingerprint density at radius 1 is 1.24 bits per heavy atom. The summed E-state index contributed by atoms with van der Waals surface area (Å²) in [6, 6.07) is 6.01. The zero-order chi connectivity index (χ0) is 15.3. The molecule has 1 fully saturated rings. The van der Waals surface area contributed by atoms with E-state index in [-0.39, 0.29) is 11.4 Å². The van der Waals surface area contributed by atoms with Crippen LogP contribution in [0.15, 0.2) is 18.2 Å². The summed E-state index contributed by atoms with van der Waals surface area (Å²) in [6.07, 6.45) is 6.94. The summed E-state index contributed by atoms with van der Waals surface area (Å²) in [7, 11) is 0. The molecule has 0 unspecified atom stereocenters. The van der Waals surface area contributed by atoms with Gasteiger partial charge in [0.15, 0.2) is 0 Å². The second-order valence-corrected chi connectivity index (χ2v) is 6.55. The topological polar surface area (TPSA) is 41.1 Å². The first kappa shape index (κ1) is 15.9. The summed E-state index contributed by atoms with van der Waals surface area (Å²) in [5.74, 6) is 0.0537. The van der Waals surface area contributed by atoms with Crippen LogP contribution in [0.25, 0.3) is 0 Å². The van der Waals surface area contributed by atoms with Crippen molar-refractivity contribution in [2.75, 3.05) is 11.9 Å². The number of hydrogen-bond donors (Lipinski definition) is 2. The molecule has 0 aliphatic heterocycles. The first-order valence-electron chi connectivity index (χ1n) is 8.21. The summed E-state index contributed by atoms with van der Waals surface area (Å²) in [5.41, 5.74) is 2.85. The number of benzene rings is 1. The van der Waals surface area contributed by atoms with Crippen LogP contribution in [0.5, 0.6) is 0 Å². The third kappa shape index (κ3) is 4.23. The van der Waals surface area contributed by atoms with Crippen LogP contribution < -0.4 is 10.6 Å². The van der Waals surface area contributed by atoms with Gasteiger partial charge in [-0.25, -0.2) is 0 Å². The number of anilines is 1. The van der Waals surface area contributed by atoms with Gasteiger partial charge in [0.2, 0.25) is 0 Å². The third-order valence-electron chi connectivity index (χ3n) is 4.36. The summed E-state index contributed by atoms with van der Waals surface area (Å²) in [6.45, 7) is 7.26. The van der Waals surface area contributed by atoms with E-state index in [4.69, 9.17) is 0 Å². The second-order valence-electron chi connectivity index (χ2n) is 6.55. The lowest BCUT2D eigenvalue weighted by Gasteiger charge is -2.34. The first-order valence-corrected chi connectivity index (χ1v) is 8.21. The maximum Gasteiger partial charge on any atom is 0.253 e. The molecule has 0 atom stereocenters. The number of rotatable bonds is 5. The number of carbonyl (C=O) groups is 1. The maximum atomic E-state index is 12.7. The van der Waals surface area contributed by atoms with Gasteiger partial charge in [0.05, 0.1) is 5.56 Å². The van der Waals surface area contributed by atoms with Crippen LogP contribution in [0.3, 0.4) is 0 Å². The monoisotopic (exact) mass is 288 g/mol. The molecule has 21 heavy (non-hydrogen) atoms. The van der Waals surface area contributed by atoms with E-state index >= 15 is 0 Å². The lowest BCUT2D eigenvalue weighted by molar-refractivity contribution is 0.0883. The Kier molecular flexibility index (Phi) is 5.27. The van der Waals surface area contributed by atoms with Crippen molar-refractivity contribution < 1.29 is 4.79 Å². The number of nitrogens with one attached hydrogen (secondary N) is 2. The fraction of sp³-hybridized carbons (Fsp3) is 0.611. The third-order valence-corrected chi connectivity index (χ3v) is 4.36. The molecule has 3 nitrogen and oxygen atoms in total. The largest absolute Gasteiger partial charge is 0.384 e. The first-order chi connectivity index (χ1) is 10.0. The Balaban J connectivity index is 2.14. The Morgan fingerprint density at radius 3 is 2.62 bits per heavy atom. The molecule has 0 aromatic heterocycles. The van der Waals surface area contributed by atoms with Crippen molar-refractivity contribution in [2.24, 2.45) is 0 Å². The van der Waals surface area contributed by atoms with Gasteiger partial charge in [-0.1, -0.05) is 32.3 Å². The van der Waals surface area contributed by atoms with E-state index in [2.05, 4.69) is 37.5 Å². The van der Waals surface area contributed by atoms with Crippen molar-refractivity contribution in [3.8, 4) is 0 Å². The molecule has 0 saturated heterocycles. The smallest absolute Gasteiger partial charge is 0.253 e. The quantitative estimate of drug-likeness (QED) is 0.849. The Morgan fingerprint density at radius 2 is 1.95 bits per heavy atom. The molecule has 0 spiro atoms. The van der Waals surface area contributed by atoms with Crippen LogP contribution in [0.2, 0.25) is 0 Å². The van der Waals surface area contributed by atoms with E-state index in [0.717, 1.165) is 37.1 Å². The highest BCUT2D eigenvalue weighted by Gasteiger charge is 2.29. The van der Waals surface area contributed by atoms with Crippen LogP contribution in [-0.2, 0) is 0 Å². The minimum atomic E-state index is -0.0394. The molecule has 2 rings (SSSR count). The molecule has 1 aromatic rings. The van der Waals surface area contributed by atoms with Crippen LogP contribution in [0.4, 0.5) is 5.69 Å².